The van der Waals surface area contributed by atoms with Crippen LogP contribution in [-0.2, 0) is 14.9 Å². The van der Waals surface area contributed by atoms with Crippen molar-refractivity contribution in [1.82, 2.24) is 0 Å². The van der Waals surface area contributed by atoms with Crippen molar-refractivity contribution >= 4 is 22.1 Å². The Labute approximate surface area is 123 Å². The maximum atomic E-state index is 11.4. The van der Waals surface area contributed by atoms with Crippen molar-refractivity contribution in [1.29, 1.82) is 0 Å². The molecule has 0 heterocycles. The van der Waals surface area contributed by atoms with Gasteiger partial charge in [-0.1, -0.05) is 0 Å². The van der Waals surface area contributed by atoms with Crippen LogP contribution in [0.3, 0.4) is 0 Å². The fraction of sp³-hybridized carbons (Fsp3) is 0.200. The van der Waals surface area contributed by atoms with Gasteiger partial charge in [0.15, 0.2) is 0 Å². The zero-order valence-corrected chi connectivity index (χ0v) is 11.1. The third-order valence-corrected chi connectivity index (χ3v) is 2.90. The van der Waals surface area contributed by atoms with Crippen LogP contribution in [0.15, 0.2) is 23.1 Å². The van der Waals surface area contributed by atoms with Crippen molar-refractivity contribution in [2.45, 2.75) is 11.8 Å². The van der Waals surface area contributed by atoms with Crippen LogP contribution >= 0.6 is 0 Å². The summed E-state index contributed by atoms with van der Waals surface area (Å²) in [4.78, 5) is 21.4. The van der Waals surface area contributed by atoms with E-state index in [0.29, 0.717) is 6.07 Å². The molecule has 0 aliphatic heterocycles. The maximum Gasteiger partial charge on any atom is 1.00 e. The number of carboxylic acid groups (broad SMARTS) is 1. The SMILES string of the molecule is CCOC(=O)c1ccc(C(=O)O)cc1S(=O)(=O)O.[H-].[Li+]. The van der Waals surface area contributed by atoms with Gasteiger partial charge in [-0.2, -0.15) is 8.42 Å². The molecular weight excluding hydrogens is 271 g/mol. The van der Waals surface area contributed by atoms with Crippen molar-refractivity contribution < 1.29 is 52.7 Å². The first-order valence-corrected chi connectivity index (χ1v) is 6.23. The van der Waals surface area contributed by atoms with E-state index in [1.165, 1.54) is 6.92 Å². The third kappa shape index (κ3) is 4.36. The summed E-state index contributed by atoms with van der Waals surface area (Å²) in [7, 11) is -4.72. The molecule has 1 rings (SSSR count). The van der Waals surface area contributed by atoms with E-state index in [2.05, 4.69) is 4.74 Å². The Morgan fingerprint density at radius 1 is 1.37 bits per heavy atom. The zero-order valence-electron chi connectivity index (χ0n) is 11.3. The number of carbonyl (C=O) groups excluding carboxylic acids is 1. The molecule has 0 unspecified atom stereocenters. The van der Waals surface area contributed by atoms with Crippen molar-refractivity contribution in [2.24, 2.45) is 0 Å². The minimum absolute atomic E-state index is 0. The Balaban J connectivity index is 0. The predicted molar refractivity (Wildman–Crippen MR) is 60.3 cm³/mol. The summed E-state index contributed by atoms with van der Waals surface area (Å²) in [5, 5.41) is 8.72. The molecule has 1 aromatic carbocycles. The monoisotopic (exact) mass is 282 g/mol. The number of carbonyl (C=O) groups is 2. The average Bonchev–Trinajstić information content (AvgIpc) is 2.27. The smallest absolute Gasteiger partial charge is 1.00 e. The largest absolute Gasteiger partial charge is 1.00 e. The summed E-state index contributed by atoms with van der Waals surface area (Å²) in [5.74, 6) is -2.34. The number of esters is 1. The summed E-state index contributed by atoms with van der Waals surface area (Å²) >= 11 is 0. The number of carboxylic acids is 1. The molecule has 9 heteroatoms. The molecule has 100 valence electrons. The van der Waals surface area contributed by atoms with Gasteiger partial charge in [0, 0.05) is 0 Å². The Hall–Kier alpha value is -1.33. The molecule has 0 bridgehead atoms. The van der Waals surface area contributed by atoms with E-state index >= 15 is 0 Å². The van der Waals surface area contributed by atoms with Crippen molar-refractivity contribution in [3.05, 3.63) is 29.3 Å². The summed E-state index contributed by atoms with van der Waals surface area (Å²) in [6.07, 6.45) is 0. The first-order valence-electron chi connectivity index (χ1n) is 4.79. The fourth-order valence-corrected chi connectivity index (χ4v) is 1.95. The molecule has 0 saturated heterocycles. The van der Waals surface area contributed by atoms with Gasteiger partial charge in [-0.05, 0) is 25.1 Å². The summed E-state index contributed by atoms with van der Waals surface area (Å²) in [6.45, 7) is 1.54. The summed E-state index contributed by atoms with van der Waals surface area (Å²) < 4.78 is 35.8. The summed E-state index contributed by atoms with van der Waals surface area (Å²) in [6, 6.07) is 2.72. The van der Waals surface area contributed by atoms with Crippen molar-refractivity contribution in [3.63, 3.8) is 0 Å². The van der Waals surface area contributed by atoms with Gasteiger partial charge in [0.25, 0.3) is 10.1 Å². The topological polar surface area (TPSA) is 118 Å². The van der Waals surface area contributed by atoms with Crippen molar-refractivity contribution in [2.75, 3.05) is 6.61 Å². The average molecular weight is 282 g/mol. The Morgan fingerprint density at radius 3 is 2.37 bits per heavy atom. The molecule has 0 radical (unpaired) electrons. The van der Waals surface area contributed by atoms with E-state index in [4.69, 9.17) is 9.66 Å². The van der Waals surface area contributed by atoms with Crippen LogP contribution in [0.4, 0.5) is 0 Å². The molecule has 7 nitrogen and oxygen atoms in total. The Kier molecular flexibility index (Phi) is 6.25. The van der Waals surface area contributed by atoms with Crippen LogP contribution in [0.1, 0.15) is 29.1 Å². The zero-order chi connectivity index (χ0) is 13.9. The van der Waals surface area contributed by atoms with Crippen LogP contribution in [0.25, 0.3) is 0 Å². The molecule has 0 spiro atoms. The van der Waals surface area contributed by atoms with E-state index in [0.717, 1.165) is 12.1 Å². The van der Waals surface area contributed by atoms with E-state index in [9.17, 15) is 18.0 Å². The van der Waals surface area contributed by atoms with Gasteiger partial charge >= 0.3 is 30.8 Å². The van der Waals surface area contributed by atoms with Crippen LogP contribution in [0, 0.1) is 0 Å². The van der Waals surface area contributed by atoms with Crippen molar-refractivity contribution in [3.8, 4) is 0 Å². The predicted octanol–water partition coefficient (Wildman–Crippen LogP) is -2.08. The number of benzene rings is 1. The summed E-state index contributed by atoms with van der Waals surface area (Å²) in [5.41, 5.74) is -0.778. The normalized spacial score (nSPS) is 10.4. The molecule has 0 aromatic heterocycles. The second-order valence-corrected chi connectivity index (χ2v) is 4.60. The number of rotatable bonds is 4. The van der Waals surface area contributed by atoms with Gasteiger partial charge in [0.2, 0.25) is 0 Å². The molecule has 1 aromatic rings. The second-order valence-electron chi connectivity index (χ2n) is 3.21. The van der Waals surface area contributed by atoms with E-state index < -0.39 is 32.5 Å². The molecule has 0 atom stereocenters. The first-order chi connectivity index (χ1) is 8.27. The van der Waals surface area contributed by atoms with Gasteiger partial charge in [-0.25, -0.2) is 9.59 Å². The minimum atomic E-state index is -4.72. The number of aromatic carboxylic acids is 1. The first kappa shape index (κ1) is 17.7. The van der Waals surface area contributed by atoms with Gasteiger partial charge in [0.1, 0.15) is 4.90 Å². The molecule has 2 N–H and O–H groups in total. The Bertz CT molecular complexity index is 600. The molecule has 0 saturated carbocycles. The molecular formula is C10H11LiO7S. The second kappa shape index (κ2) is 6.72. The van der Waals surface area contributed by atoms with Gasteiger partial charge in [0.05, 0.1) is 17.7 Å². The van der Waals surface area contributed by atoms with Crippen LogP contribution < -0.4 is 18.9 Å². The van der Waals surface area contributed by atoms with Gasteiger partial charge < -0.3 is 11.3 Å². The number of ether oxygens (including phenoxy) is 1. The molecule has 0 fully saturated rings. The standard InChI is InChI=1S/C10H10O7S.Li.H/c1-2-17-10(13)7-4-3-6(9(11)12)5-8(7)18(14,15)16;;/h3-5H,2H2,1H3,(H,11,12)(H,14,15,16);;/q;+1;-1. The number of hydrogen-bond donors (Lipinski definition) is 2. The van der Waals surface area contributed by atoms with Gasteiger partial charge in [-0.15, -0.1) is 0 Å². The van der Waals surface area contributed by atoms with Crippen LogP contribution in [-0.4, -0.2) is 36.6 Å². The third-order valence-electron chi connectivity index (χ3n) is 2.00. The van der Waals surface area contributed by atoms with E-state index in [1.54, 1.807) is 0 Å². The van der Waals surface area contributed by atoms with E-state index in [1.807, 2.05) is 0 Å². The minimum Gasteiger partial charge on any atom is -1.00 e. The number of hydrogen-bond acceptors (Lipinski definition) is 5. The van der Waals surface area contributed by atoms with Gasteiger partial charge in [-0.3, -0.25) is 4.55 Å². The molecule has 0 amide bonds. The van der Waals surface area contributed by atoms with Crippen LogP contribution in [0.2, 0.25) is 0 Å². The van der Waals surface area contributed by atoms with E-state index in [-0.39, 0.29) is 32.5 Å². The molecule has 19 heavy (non-hydrogen) atoms. The quantitative estimate of drug-likeness (QED) is 0.370. The maximum absolute atomic E-state index is 11.4. The Morgan fingerprint density at radius 2 is 1.95 bits per heavy atom. The van der Waals surface area contributed by atoms with Crippen LogP contribution in [0.5, 0.6) is 0 Å². The molecule has 0 aliphatic rings. The molecule has 0 aliphatic carbocycles. The fourth-order valence-electron chi connectivity index (χ4n) is 1.25.